The van der Waals surface area contributed by atoms with Gasteiger partial charge in [-0.2, -0.15) is 0 Å². The molecule has 2 rings (SSSR count). The van der Waals surface area contributed by atoms with Gasteiger partial charge < -0.3 is 11.1 Å². The van der Waals surface area contributed by atoms with Gasteiger partial charge in [0.05, 0.1) is 12.0 Å². The number of nitrogens with two attached hydrogens (primary N) is 1. The summed E-state index contributed by atoms with van der Waals surface area (Å²) >= 11 is 1.66. The van der Waals surface area contributed by atoms with Crippen molar-refractivity contribution in [2.45, 2.75) is 38.8 Å². The van der Waals surface area contributed by atoms with Crippen LogP contribution in [0.15, 0.2) is 17.5 Å². The van der Waals surface area contributed by atoms with Crippen LogP contribution in [0.2, 0.25) is 0 Å². The number of carbonyl (C=O) groups is 1. The molecule has 2 unspecified atom stereocenters. The number of hydrogen-bond donors (Lipinski definition) is 2. The largest absolute Gasteiger partial charge is 0.351 e. The standard InChI is InChI=1S/C12H18N2OS/c1-12(6-2-5-10(12)13)11(15)14-8-9-4-3-7-16-9/h3-4,7,10H,2,5-6,8,13H2,1H3,(H,14,15). The van der Waals surface area contributed by atoms with Crippen molar-refractivity contribution in [3.8, 4) is 0 Å². The second kappa shape index (κ2) is 4.55. The SMILES string of the molecule is CC1(C(=O)NCc2cccs2)CCCC1N. The molecular formula is C12H18N2OS. The summed E-state index contributed by atoms with van der Waals surface area (Å²) in [7, 11) is 0. The van der Waals surface area contributed by atoms with E-state index < -0.39 is 0 Å². The number of rotatable bonds is 3. The van der Waals surface area contributed by atoms with E-state index in [2.05, 4.69) is 5.32 Å². The molecule has 0 aromatic carbocycles. The van der Waals surface area contributed by atoms with Crippen LogP contribution in [0, 0.1) is 5.41 Å². The minimum Gasteiger partial charge on any atom is -0.351 e. The van der Waals surface area contributed by atoms with Gasteiger partial charge in [-0.25, -0.2) is 0 Å². The van der Waals surface area contributed by atoms with Crippen LogP contribution in [-0.2, 0) is 11.3 Å². The molecule has 1 aliphatic rings. The van der Waals surface area contributed by atoms with Crippen LogP contribution in [0.4, 0.5) is 0 Å². The van der Waals surface area contributed by atoms with E-state index >= 15 is 0 Å². The van der Waals surface area contributed by atoms with E-state index in [9.17, 15) is 4.79 Å². The second-order valence-electron chi connectivity index (χ2n) is 4.68. The first-order chi connectivity index (χ1) is 7.63. The van der Waals surface area contributed by atoms with Crippen LogP contribution >= 0.6 is 11.3 Å². The van der Waals surface area contributed by atoms with Crippen LogP contribution in [0.3, 0.4) is 0 Å². The summed E-state index contributed by atoms with van der Waals surface area (Å²) in [4.78, 5) is 13.3. The highest BCUT2D eigenvalue weighted by Crippen LogP contribution is 2.36. The molecule has 1 amide bonds. The predicted molar refractivity (Wildman–Crippen MR) is 66.1 cm³/mol. The molecule has 1 aromatic heterocycles. The summed E-state index contributed by atoms with van der Waals surface area (Å²) < 4.78 is 0. The molecule has 1 aliphatic carbocycles. The first-order valence-electron chi connectivity index (χ1n) is 5.69. The number of amides is 1. The Labute approximate surface area is 100 Å². The van der Waals surface area contributed by atoms with E-state index in [4.69, 9.17) is 5.73 Å². The zero-order valence-corrected chi connectivity index (χ0v) is 10.3. The maximum Gasteiger partial charge on any atom is 0.227 e. The van der Waals surface area contributed by atoms with E-state index in [-0.39, 0.29) is 17.4 Å². The smallest absolute Gasteiger partial charge is 0.227 e. The lowest BCUT2D eigenvalue weighted by molar-refractivity contribution is -0.130. The molecule has 1 heterocycles. The Bertz CT molecular complexity index is 363. The second-order valence-corrected chi connectivity index (χ2v) is 5.71. The monoisotopic (exact) mass is 238 g/mol. The molecule has 1 saturated carbocycles. The highest BCUT2D eigenvalue weighted by Gasteiger charge is 2.42. The van der Waals surface area contributed by atoms with E-state index in [1.165, 1.54) is 4.88 Å². The van der Waals surface area contributed by atoms with Crippen molar-refractivity contribution < 1.29 is 4.79 Å². The average molecular weight is 238 g/mol. The molecular weight excluding hydrogens is 220 g/mol. The lowest BCUT2D eigenvalue weighted by Gasteiger charge is -2.27. The van der Waals surface area contributed by atoms with E-state index in [1.54, 1.807) is 11.3 Å². The Kier molecular flexibility index (Phi) is 3.30. The molecule has 0 saturated heterocycles. The Balaban J connectivity index is 1.93. The summed E-state index contributed by atoms with van der Waals surface area (Å²) in [5.74, 6) is 0.103. The summed E-state index contributed by atoms with van der Waals surface area (Å²) in [5.41, 5.74) is 5.64. The Morgan fingerprint density at radius 2 is 2.56 bits per heavy atom. The number of nitrogens with one attached hydrogen (secondary N) is 1. The lowest BCUT2D eigenvalue weighted by atomic mass is 9.84. The topological polar surface area (TPSA) is 55.1 Å². The van der Waals surface area contributed by atoms with Gasteiger partial charge >= 0.3 is 0 Å². The maximum absolute atomic E-state index is 12.1. The van der Waals surface area contributed by atoms with E-state index in [0.717, 1.165) is 19.3 Å². The van der Waals surface area contributed by atoms with Crippen LogP contribution in [0.25, 0.3) is 0 Å². The minimum absolute atomic E-state index is 0.0100. The molecule has 3 N–H and O–H groups in total. The third-order valence-corrected chi connectivity index (χ3v) is 4.43. The van der Waals surface area contributed by atoms with Crippen molar-refractivity contribution in [2.24, 2.45) is 11.1 Å². The van der Waals surface area contributed by atoms with Gasteiger partial charge in [-0.3, -0.25) is 4.79 Å². The van der Waals surface area contributed by atoms with Crippen molar-refractivity contribution >= 4 is 17.2 Å². The summed E-state index contributed by atoms with van der Waals surface area (Å²) in [6, 6.07) is 4.03. The first kappa shape index (κ1) is 11.6. The quantitative estimate of drug-likeness (QED) is 0.845. The third kappa shape index (κ3) is 2.13. The van der Waals surface area contributed by atoms with Crippen LogP contribution in [-0.4, -0.2) is 11.9 Å². The van der Waals surface area contributed by atoms with Gasteiger partial charge in [-0.1, -0.05) is 12.5 Å². The first-order valence-corrected chi connectivity index (χ1v) is 6.57. The van der Waals surface area contributed by atoms with Gasteiger partial charge in [-0.15, -0.1) is 11.3 Å². The van der Waals surface area contributed by atoms with Crippen molar-refractivity contribution in [1.82, 2.24) is 5.32 Å². The van der Waals surface area contributed by atoms with E-state index in [1.807, 2.05) is 24.4 Å². The zero-order valence-electron chi connectivity index (χ0n) is 9.53. The average Bonchev–Trinajstić information content (AvgIpc) is 2.87. The normalized spacial score (nSPS) is 29.2. The fourth-order valence-electron chi connectivity index (χ4n) is 2.26. The number of thiophene rings is 1. The molecule has 3 nitrogen and oxygen atoms in total. The van der Waals surface area contributed by atoms with Gasteiger partial charge in [-0.05, 0) is 31.2 Å². The molecule has 16 heavy (non-hydrogen) atoms. The molecule has 0 spiro atoms. The van der Waals surface area contributed by atoms with Gasteiger partial charge in [0.15, 0.2) is 0 Å². The highest BCUT2D eigenvalue weighted by atomic mass is 32.1. The molecule has 1 fully saturated rings. The Morgan fingerprint density at radius 3 is 3.12 bits per heavy atom. The van der Waals surface area contributed by atoms with Gasteiger partial charge in [0.2, 0.25) is 5.91 Å². The van der Waals surface area contributed by atoms with Gasteiger partial charge in [0.1, 0.15) is 0 Å². The fraction of sp³-hybridized carbons (Fsp3) is 0.583. The van der Waals surface area contributed by atoms with Gasteiger partial charge in [0, 0.05) is 10.9 Å². The highest BCUT2D eigenvalue weighted by molar-refractivity contribution is 7.09. The zero-order chi connectivity index (χ0) is 11.6. The maximum atomic E-state index is 12.1. The summed E-state index contributed by atoms with van der Waals surface area (Å²) in [5, 5.41) is 5.01. The van der Waals surface area contributed by atoms with Crippen LogP contribution < -0.4 is 11.1 Å². The van der Waals surface area contributed by atoms with Crippen molar-refractivity contribution in [2.75, 3.05) is 0 Å². The summed E-state index contributed by atoms with van der Waals surface area (Å²) in [6.45, 7) is 2.60. The van der Waals surface area contributed by atoms with Crippen molar-refractivity contribution in [3.05, 3.63) is 22.4 Å². The predicted octanol–water partition coefficient (Wildman–Crippen LogP) is 1.88. The van der Waals surface area contributed by atoms with Crippen LogP contribution in [0.1, 0.15) is 31.1 Å². The summed E-state index contributed by atoms with van der Waals surface area (Å²) in [6.07, 6.45) is 2.93. The Hall–Kier alpha value is -0.870. The molecule has 88 valence electrons. The molecule has 2 atom stereocenters. The Morgan fingerprint density at radius 1 is 1.75 bits per heavy atom. The van der Waals surface area contributed by atoms with Crippen LogP contribution in [0.5, 0.6) is 0 Å². The van der Waals surface area contributed by atoms with Crippen molar-refractivity contribution in [1.29, 1.82) is 0 Å². The fourth-order valence-corrected chi connectivity index (χ4v) is 2.90. The number of hydrogen-bond acceptors (Lipinski definition) is 3. The third-order valence-electron chi connectivity index (χ3n) is 3.55. The van der Waals surface area contributed by atoms with Gasteiger partial charge in [0.25, 0.3) is 0 Å². The molecule has 0 radical (unpaired) electrons. The minimum atomic E-state index is -0.364. The molecule has 1 aromatic rings. The molecule has 0 bridgehead atoms. The van der Waals surface area contributed by atoms with E-state index in [0.29, 0.717) is 6.54 Å². The van der Waals surface area contributed by atoms with Crippen molar-refractivity contribution in [3.63, 3.8) is 0 Å². The lowest BCUT2D eigenvalue weighted by Crippen LogP contribution is -2.47. The molecule has 0 aliphatic heterocycles. The number of carbonyl (C=O) groups excluding carboxylic acids is 1. The molecule has 4 heteroatoms.